The monoisotopic (exact) mass is 324 g/mol. The molecule has 2 aromatic carbocycles. The predicted octanol–water partition coefficient (Wildman–Crippen LogP) is 4.61. The Bertz CT molecular complexity index is 684. The van der Waals surface area contributed by atoms with Gasteiger partial charge in [-0.2, -0.15) is 0 Å². The molecule has 0 bridgehead atoms. The summed E-state index contributed by atoms with van der Waals surface area (Å²) < 4.78 is 5.12. The Morgan fingerprint density at radius 3 is 2.21 bits per heavy atom. The summed E-state index contributed by atoms with van der Waals surface area (Å²) in [6, 6.07) is 13.5. The number of carbonyl (C=O) groups is 1. The maximum atomic E-state index is 12.1. The van der Waals surface area contributed by atoms with Crippen LogP contribution in [-0.2, 0) is 12.8 Å². The lowest BCUT2D eigenvalue weighted by atomic mass is 10.0. The van der Waals surface area contributed by atoms with Crippen molar-refractivity contribution in [1.82, 2.24) is 5.32 Å². The first-order chi connectivity index (χ1) is 11.7. The van der Waals surface area contributed by atoms with Crippen molar-refractivity contribution < 1.29 is 9.53 Å². The molecule has 0 fully saturated rings. The van der Waals surface area contributed by atoms with Gasteiger partial charge in [-0.15, -0.1) is 0 Å². The molecule has 4 heteroatoms. The lowest BCUT2D eigenvalue weighted by Gasteiger charge is -2.14. The Hall–Kier alpha value is -2.75. The van der Waals surface area contributed by atoms with Crippen LogP contribution >= 0.6 is 0 Å². The van der Waals surface area contributed by atoms with Crippen LogP contribution in [0, 0.1) is 0 Å². The van der Waals surface area contributed by atoms with E-state index in [2.05, 4.69) is 24.5 Å². The zero-order valence-corrected chi connectivity index (χ0v) is 14.4. The summed E-state index contributed by atoms with van der Waals surface area (Å²) in [6.45, 7) is 4.17. The third-order valence-corrected chi connectivity index (χ3v) is 3.84. The van der Waals surface area contributed by atoms with Crippen LogP contribution in [0.1, 0.15) is 30.5 Å². The van der Waals surface area contributed by atoms with Crippen LogP contribution in [0.2, 0.25) is 0 Å². The van der Waals surface area contributed by atoms with Crippen molar-refractivity contribution in [2.75, 3.05) is 12.4 Å². The van der Waals surface area contributed by atoms with E-state index in [-0.39, 0.29) is 6.03 Å². The molecule has 0 saturated heterocycles. The quantitative estimate of drug-likeness (QED) is 0.815. The molecule has 0 spiro atoms. The maximum Gasteiger partial charge on any atom is 0.323 e. The lowest BCUT2D eigenvalue weighted by Crippen LogP contribution is -2.25. The van der Waals surface area contributed by atoms with Gasteiger partial charge in [0.1, 0.15) is 5.75 Å². The first-order valence-corrected chi connectivity index (χ1v) is 8.16. The molecule has 0 aliphatic heterocycles. The summed E-state index contributed by atoms with van der Waals surface area (Å²) in [5.41, 5.74) is 4.18. The van der Waals surface area contributed by atoms with Gasteiger partial charge in [0.25, 0.3) is 0 Å². The minimum atomic E-state index is -0.240. The van der Waals surface area contributed by atoms with Gasteiger partial charge in [-0.1, -0.05) is 44.2 Å². The molecular weight excluding hydrogens is 300 g/mol. The van der Waals surface area contributed by atoms with E-state index in [4.69, 9.17) is 4.74 Å². The van der Waals surface area contributed by atoms with Crippen molar-refractivity contribution in [2.24, 2.45) is 0 Å². The van der Waals surface area contributed by atoms with Crippen LogP contribution < -0.4 is 15.4 Å². The number of methoxy groups -OCH3 is 1. The molecule has 0 aliphatic rings. The summed E-state index contributed by atoms with van der Waals surface area (Å²) in [6.07, 6.45) is 5.24. The number of hydrogen-bond acceptors (Lipinski definition) is 2. The smallest absolute Gasteiger partial charge is 0.323 e. The Kier molecular flexibility index (Phi) is 6.43. The van der Waals surface area contributed by atoms with E-state index in [0.29, 0.717) is 0 Å². The average molecular weight is 324 g/mol. The van der Waals surface area contributed by atoms with Crippen LogP contribution in [0.3, 0.4) is 0 Å². The largest absolute Gasteiger partial charge is 0.497 e. The van der Waals surface area contributed by atoms with E-state index in [1.165, 1.54) is 0 Å². The zero-order valence-electron chi connectivity index (χ0n) is 14.4. The molecule has 2 amide bonds. The molecule has 0 heterocycles. The average Bonchev–Trinajstić information content (AvgIpc) is 2.62. The summed E-state index contributed by atoms with van der Waals surface area (Å²) in [5, 5.41) is 5.71. The van der Waals surface area contributed by atoms with Crippen LogP contribution in [0.15, 0.2) is 48.7 Å². The standard InChI is InChI=1S/C20H24N2O2/c1-4-16-7-6-8-17(5-2)19(16)22-20(23)21-14-13-15-9-11-18(24-3)12-10-15/h6-14H,4-5H2,1-3H3,(H2,21,22,23)/b14-13+. The Balaban J connectivity index is 1.99. The normalized spacial score (nSPS) is 10.6. The topological polar surface area (TPSA) is 50.4 Å². The number of hydrogen-bond donors (Lipinski definition) is 2. The van der Waals surface area contributed by atoms with Gasteiger partial charge in [-0.3, -0.25) is 0 Å². The van der Waals surface area contributed by atoms with E-state index < -0.39 is 0 Å². The second kappa shape index (κ2) is 8.77. The number of carbonyl (C=O) groups excluding carboxylic acids is 1. The van der Waals surface area contributed by atoms with Gasteiger partial charge < -0.3 is 15.4 Å². The van der Waals surface area contributed by atoms with Crippen LogP contribution in [0.4, 0.5) is 10.5 Å². The van der Waals surface area contributed by atoms with Crippen molar-refractivity contribution >= 4 is 17.8 Å². The lowest BCUT2D eigenvalue weighted by molar-refractivity contribution is 0.255. The van der Waals surface area contributed by atoms with Crippen molar-refractivity contribution in [3.8, 4) is 5.75 Å². The first-order valence-electron chi connectivity index (χ1n) is 8.16. The van der Waals surface area contributed by atoms with Gasteiger partial charge in [0.15, 0.2) is 0 Å². The summed E-state index contributed by atoms with van der Waals surface area (Å²) >= 11 is 0. The van der Waals surface area contributed by atoms with Crippen molar-refractivity contribution in [2.45, 2.75) is 26.7 Å². The molecule has 24 heavy (non-hydrogen) atoms. The van der Waals surface area contributed by atoms with E-state index in [1.807, 2.05) is 48.5 Å². The Labute approximate surface area is 143 Å². The number of anilines is 1. The van der Waals surface area contributed by atoms with Crippen molar-refractivity contribution in [1.29, 1.82) is 0 Å². The molecule has 0 aliphatic carbocycles. The highest BCUT2D eigenvalue weighted by molar-refractivity contribution is 5.92. The third-order valence-electron chi connectivity index (χ3n) is 3.84. The van der Waals surface area contributed by atoms with Gasteiger partial charge in [-0.05, 0) is 47.7 Å². The molecule has 0 saturated carbocycles. The third kappa shape index (κ3) is 4.62. The summed E-state index contributed by atoms with van der Waals surface area (Å²) in [5.74, 6) is 0.807. The molecule has 2 N–H and O–H groups in total. The molecule has 2 rings (SSSR count). The van der Waals surface area contributed by atoms with Gasteiger partial charge >= 0.3 is 6.03 Å². The maximum absolute atomic E-state index is 12.1. The first kappa shape index (κ1) is 17.6. The predicted molar refractivity (Wildman–Crippen MR) is 99.4 cm³/mol. The summed E-state index contributed by atoms with van der Waals surface area (Å²) in [4.78, 5) is 12.1. The van der Waals surface area contributed by atoms with E-state index in [1.54, 1.807) is 13.3 Å². The fourth-order valence-electron chi connectivity index (χ4n) is 2.48. The van der Waals surface area contributed by atoms with Crippen molar-refractivity contribution in [3.05, 3.63) is 65.4 Å². The number of para-hydroxylation sites is 1. The molecular formula is C20H24N2O2. The Morgan fingerprint density at radius 1 is 1.04 bits per heavy atom. The van der Waals surface area contributed by atoms with E-state index >= 15 is 0 Å². The van der Waals surface area contributed by atoms with Crippen LogP contribution in [0.25, 0.3) is 6.08 Å². The van der Waals surface area contributed by atoms with Gasteiger partial charge in [0.05, 0.1) is 7.11 Å². The number of benzene rings is 2. The van der Waals surface area contributed by atoms with Gasteiger partial charge in [0.2, 0.25) is 0 Å². The second-order valence-corrected chi connectivity index (χ2v) is 5.36. The molecule has 0 aromatic heterocycles. The zero-order chi connectivity index (χ0) is 17.4. The van der Waals surface area contributed by atoms with Crippen LogP contribution in [0.5, 0.6) is 5.75 Å². The van der Waals surface area contributed by atoms with Gasteiger partial charge in [0, 0.05) is 11.9 Å². The van der Waals surface area contributed by atoms with E-state index in [9.17, 15) is 4.79 Å². The number of nitrogens with one attached hydrogen (secondary N) is 2. The molecule has 0 unspecified atom stereocenters. The SMILES string of the molecule is CCc1cccc(CC)c1NC(=O)N/C=C/c1ccc(OC)cc1. The fraction of sp³-hybridized carbons (Fsp3) is 0.250. The van der Waals surface area contributed by atoms with E-state index in [0.717, 1.165) is 41.0 Å². The highest BCUT2D eigenvalue weighted by Gasteiger charge is 2.08. The van der Waals surface area contributed by atoms with Crippen LogP contribution in [-0.4, -0.2) is 13.1 Å². The molecule has 0 atom stereocenters. The van der Waals surface area contributed by atoms with Crippen molar-refractivity contribution in [3.63, 3.8) is 0 Å². The summed E-state index contributed by atoms with van der Waals surface area (Å²) in [7, 11) is 1.63. The molecule has 4 nitrogen and oxygen atoms in total. The molecule has 126 valence electrons. The number of amides is 2. The minimum absolute atomic E-state index is 0.240. The van der Waals surface area contributed by atoms with Gasteiger partial charge in [-0.25, -0.2) is 4.79 Å². The second-order valence-electron chi connectivity index (χ2n) is 5.36. The number of rotatable bonds is 6. The fourth-order valence-corrected chi connectivity index (χ4v) is 2.48. The highest BCUT2D eigenvalue weighted by Crippen LogP contribution is 2.22. The Morgan fingerprint density at radius 2 is 1.67 bits per heavy atom. The number of ether oxygens (including phenoxy) is 1. The molecule has 2 aromatic rings. The number of aryl methyl sites for hydroxylation is 2. The highest BCUT2D eigenvalue weighted by atomic mass is 16.5. The molecule has 0 radical (unpaired) electrons. The number of urea groups is 1. The minimum Gasteiger partial charge on any atom is -0.497 e.